The molecule has 1 heterocycles. The third-order valence-corrected chi connectivity index (χ3v) is 2.77. The Morgan fingerprint density at radius 1 is 1.50 bits per heavy atom. The summed E-state index contributed by atoms with van der Waals surface area (Å²) in [7, 11) is 0. The molecule has 0 aliphatic carbocycles. The lowest BCUT2D eigenvalue weighted by Gasteiger charge is -2.26. The molecular weight excluding hydrogens is 176 g/mol. The van der Waals surface area contributed by atoms with E-state index in [9.17, 15) is 4.79 Å². The Balaban J connectivity index is 2.58. The van der Waals surface area contributed by atoms with Crippen LogP contribution in [0.4, 0.5) is 0 Å². The largest absolute Gasteiger partial charge is 0.461 e. The van der Waals surface area contributed by atoms with Crippen molar-refractivity contribution in [3.8, 4) is 0 Å². The van der Waals surface area contributed by atoms with Crippen molar-refractivity contribution >= 4 is 5.78 Å². The van der Waals surface area contributed by atoms with Gasteiger partial charge in [0.15, 0.2) is 11.5 Å². The van der Waals surface area contributed by atoms with E-state index in [-0.39, 0.29) is 11.2 Å². The molecule has 0 aliphatic rings. The van der Waals surface area contributed by atoms with Crippen LogP contribution in [-0.4, -0.2) is 5.78 Å². The van der Waals surface area contributed by atoms with Gasteiger partial charge in [0.1, 0.15) is 0 Å². The average Bonchev–Trinajstić information content (AvgIpc) is 2.53. The molecule has 1 rings (SSSR count). The average molecular weight is 194 g/mol. The maximum absolute atomic E-state index is 11.7. The van der Waals surface area contributed by atoms with Crippen molar-refractivity contribution in [1.82, 2.24) is 0 Å². The molecule has 2 heteroatoms. The summed E-state index contributed by atoms with van der Waals surface area (Å²) in [5.41, 5.74) is 0.169. The van der Waals surface area contributed by atoms with E-state index in [1.54, 1.807) is 12.1 Å². The number of furan rings is 1. The van der Waals surface area contributed by atoms with E-state index in [2.05, 4.69) is 27.7 Å². The molecule has 0 fully saturated rings. The normalized spacial score (nSPS) is 14.0. The highest BCUT2D eigenvalue weighted by atomic mass is 16.3. The number of hydrogen-bond donors (Lipinski definition) is 0. The molecule has 0 N–H and O–H groups in total. The molecule has 0 saturated heterocycles. The smallest absolute Gasteiger partial charge is 0.198 e. The molecule has 78 valence electrons. The number of carbonyl (C=O) groups excluding carboxylic acids is 1. The van der Waals surface area contributed by atoms with Gasteiger partial charge in [-0.25, -0.2) is 0 Å². The minimum Gasteiger partial charge on any atom is -0.461 e. The molecule has 1 aromatic rings. The molecule has 2 nitrogen and oxygen atoms in total. The highest BCUT2D eigenvalue weighted by Gasteiger charge is 2.23. The lowest BCUT2D eigenvalue weighted by molar-refractivity contribution is 0.0900. The Morgan fingerprint density at radius 3 is 2.57 bits per heavy atom. The van der Waals surface area contributed by atoms with Gasteiger partial charge >= 0.3 is 0 Å². The molecule has 0 aliphatic heterocycles. The molecule has 1 atom stereocenters. The van der Waals surface area contributed by atoms with E-state index >= 15 is 0 Å². The van der Waals surface area contributed by atoms with E-state index in [0.717, 1.165) is 0 Å². The fraction of sp³-hybridized carbons (Fsp3) is 0.583. The number of carbonyl (C=O) groups is 1. The SMILES string of the molecule is CC(CC(=O)c1ccco1)C(C)(C)C. The minimum atomic E-state index is 0.0948. The van der Waals surface area contributed by atoms with Crippen LogP contribution in [0.25, 0.3) is 0 Å². The highest BCUT2D eigenvalue weighted by molar-refractivity contribution is 5.93. The first kappa shape index (κ1) is 11.0. The monoisotopic (exact) mass is 194 g/mol. The Bertz CT molecular complexity index is 291. The first-order chi connectivity index (χ1) is 6.41. The molecule has 14 heavy (non-hydrogen) atoms. The van der Waals surface area contributed by atoms with Crippen LogP contribution < -0.4 is 0 Å². The summed E-state index contributed by atoms with van der Waals surface area (Å²) in [4.78, 5) is 11.7. The molecular formula is C12H18O2. The quantitative estimate of drug-likeness (QED) is 0.689. The van der Waals surface area contributed by atoms with E-state index < -0.39 is 0 Å². The van der Waals surface area contributed by atoms with Crippen LogP contribution in [0.2, 0.25) is 0 Å². The second kappa shape index (κ2) is 3.99. The zero-order valence-corrected chi connectivity index (χ0v) is 9.33. The van der Waals surface area contributed by atoms with Gasteiger partial charge < -0.3 is 4.42 Å². The third kappa shape index (κ3) is 2.72. The van der Waals surface area contributed by atoms with Gasteiger partial charge in [-0.05, 0) is 23.5 Å². The maximum atomic E-state index is 11.7. The molecule has 1 aromatic heterocycles. The fourth-order valence-electron chi connectivity index (χ4n) is 1.12. The van der Waals surface area contributed by atoms with Crippen LogP contribution in [0.5, 0.6) is 0 Å². The van der Waals surface area contributed by atoms with Gasteiger partial charge in [-0.1, -0.05) is 27.7 Å². The van der Waals surface area contributed by atoms with Gasteiger partial charge in [-0.3, -0.25) is 4.79 Å². The van der Waals surface area contributed by atoms with E-state index in [0.29, 0.717) is 18.1 Å². The topological polar surface area (TPSA) is 30.2 Å². The van der Waals surface area contributed by atoms with Gasteiger partial charge in [-0.2, -0.15) is 0 Å². The standard InChI is InChI=1S/C12H18O2/c1-9(12(2,3)4)8-10(13)11-6-5-7-14-11/h5-7,9H,8H2,1-4H3. The van der Waals surface area contributed by atoms with Gasteiger partial charge in [0.05, 0.1) is 6.26 Å². The zero-order chi connectivity index (χ0) is 10.8. The minimum absolute atomic E-state index is 0.0948. The van der Waals surface area contributed by atoms with Crippen LogP contribution in [-0.2, 0) is 0 Å². The summed E-state index contributed by atoms with van der Waals surface area (Å²) in [5, 5.41) is 0. The van der Waals surface area contributed by atoms with Gasteiger partial charge in [0, 0.05) is 6.42 Å². The third-order valence-electron chi connectivity index (χ3n) is 2.77. The zero-order valence-electron chi connectivity index (χ0n) is 9.33. The Kier molecular flexibility index (Phi) is 3.14. The van der Waals surface area contributed by atoms with Gasteiger partial charge in [0.25, 0.3) is 0 Å². The van der Waals surface area contributed by atoms with Gasteiger partial charge in [0.2, 0.25) is 0 Å². The molecule has 0 saturated carbocycles. The van der Waals surface area contributed by atoms with E-state index in [4.69, 9.17) is 4.42 Å². The molecule has 0 aromatic carbocycles. The van der Waals surface area contributed by atoms with Crippen molar-refractivity contribution < 1.29 is 9.21 Å². The molecule has 0 amide bonds. The summed E-state index contributed by atoms with van der Waals surface area (Å²) < 4.78 is 5.06. The van der Waals surface area contributed by atoms with Crippen molar-refractivity contribution in [2.75, 3.05) is 0 Å². The van der Waals surface area contributed by atoms with Crippen molar-refractivity contribution in [1.29, 1.82) is 0 Å². The Labute approximate surface area is 85.3 Å². The predicted octanol–water partition coefficient (Wildman–Crippen LogP) is 3.53. The van der Waals surface area contributed by atoms with Crippen molar-refractivity contribution in [3.05, 3.63) is 24.2 Å². The van der Waals surface area contributed by atoms with E-state index in [1.165, 1.54) is 6.26 Å². The number of ketones is 1. The first-order valence-corrected chi connectivity index (χ1v) is 4.98. The second-order valence-electron chi connectivity index (χ2n) is 4.87. The summed E-state index contributed by atoms with van der Waals surface area (Å²) in [6.45, 7) is 8.54. The molecule has 1 unspecified atom stereocenters. The van der Waals surface area contributed by atoms with Crippen LogP contribution >= 0.6 is 0 Å². The highest BCUT2D eigenvalue weighted by Crippen LogP contribution is 2.29. The molecule has 0 radical (unpaired) electrons. The predicted molar refractivity (Wildman–Crippen MR) is 56.3 cm³/mol. The van der Waals surface area contributed by atoms with Crippen molar-refractivity contribution in [2.24, 2.45) is 11.3 Å². The summed E-state index contributed by atoms with van der Waals surface area (Å²) in [6.07, 6.45) is 2.09. The molecule has 0 bridgehead atoms. The van der Waals surface area contributed by atoms with Crippen molar-refractivity contribution in [2.45, 2.75) is 34.1 Å². The van der Waals surface area contributed by atoms with Crippen LogP contribution in [0.1, 0.15) is 44.7 Å². The summed E-state index contributed by atoms with van der Waals surface area (Å²) in [6, 6.07) is 3.46. The fourth-order valence-corrected chi connectivity index (χ4v) is 1.12. The van der Waals surface area contributed by atoms with Crippen LogP contribution in [0.15, 0.2) is 22.8 Å². The number of hydrogen-bond acceptors (Lipinski definition) is 2. The number of rotatable bonds is 3. The second-order valence-corrected chi connectivity index (χ2v) is 4.87. The lowest BCUT2D eigenvalue weighted by atomic mass is 9.79. The first-order valence-electron chi connectivity index (χ1n) is 4.98. The maximum Gasteiger partial charge on any atom is 0.198 e. The van der Waals surface area contributed by atoms with Gasteiger partial charge in [-0.15, -0.1) is 0 Å². The number of Topliss-reactive ketones (excluding diaryl/α,β-unsaturated/α-hetero) is 1. The summed E-state index contributed by atoms with van der Waals surface area (Å²) >= 11 is 0. The molecule has 0 spiro atoms. The van der Waals surface area contributed by atoms with Crippen molar-refractivity contribution in [3.63, 3.8) is 0 Å². The lowest BCUT2D eigenvalue weighted by Crippen LogP contribution is -2.20. The Morgan fingerprint density at radius 2 is 2.14 bits per heavy atom. The Hall–Kier alpha value is -1.05. The summed E-state index contributed by atoms with van der Waals surface area (Å²) in [5.74, 6) is 0.929. The van der Waals surface area contributed by atoms with E-state index in [1.807, 2.05) is 0 Å². The van der Waals surface area contributed by atoms with Crippen LogP contribution in [0.3, 0.4) is 0 Å². The van der Waals surface area contributed by atoms with Crippen LogP contribution in [0, 0.1) is 11.3 Å².